The quantitative estimate of drug-likeness (QED) is 0.0222. The molecule has 7 atom stereocenters. The molecule has 0 saturated heterocycles. The molecular formula is C87H170O17P2. The fourth-order valence-corrected chi connectivity index (χ4v) is 15.0. The van der Waals surface area contributed by atoms with Gasteiger partial charge in [0.05, 0.1) is 26.4 Å². The van der Waals surface area contributed by atoms with Gasteiger partial charge in [-0.1, -0.05) is 402 Å². The van der Waals surface area contributed by atoms with E-state index < -0.39 is 97.5 Å². The maximum atomic E-state index is 13.1. The number of hydrogen-bond donors (Lipinski definition) is 3. The van der Waals surface area contributed by atoms with Crippen molar-refractivity contribution in [2.45, 2.75) is 472 Å². The van der Waals surface area contributed by atoms with Crippen LogP contribution < -0.4 is 0 Å². The Balaban J connectivity index is 5.16. The van der Waals surface area contributed by atoms with Crippen LogP contribution in [0.25, 0.3) is 0 Å². The zero-order chi connectivity index (χ0) is 78.1. The van der Waals surface area contributed by atoms with Gasteiger partial charge in [0.15, 0.2) is 12.2 Å². The van der Waals surface area contributed by atoms with Crippen LogP contribution in [-0.4, -0.2) is 96.7 Å². The highest BCUT2D eigenvalue weighted by Gasteiger charge is 2.31. The van der Waals surface area contributed by atoms with Gasteiger partial charge in [0.1, 0.15) is 19.3 Å². The molecule has 0 rings (SSSR count). The third kappa shape index (κ3) is 77.4. The minimum Gasteiger partial charge on any atom is -0.462 e. The SMILES string of the molecule is CCC(C)CCCCCCCCCCCCCCCCCCCCC(=O)O[C@H](COC(=O)CCCCCCCCC(C)CC)COP(=O)(O)OC[C@H](O)COP(=O)(O)OC[C@@H](COC(=O)CCCCCCCCCCCCCCCCCCCCC(C)C)OC(=O)CCCCCCCCCCCCC(C)C. The Morgan fingerprint density at radius 3 is 0.670 bits per heavy atom. The molecule has 0 aliphatic carbocycles. The van der Waals surface area contributed by atoms with Crippen molar-refractivity contribution in [1.29, 1.82) is 0 Å². The summed E-state index contributed by atoms with van der Waals surface area (Å²) < 4.78 is 68.9. The van der Waals surface area contributed by atoms with Crippen molar-refractivity contribution < 1.29 is 80.2 Å². The van der Waals surface area contributed by atoms with E-state index in [0.717, 1.165) is 120 Å². The van der Waals surface area contributed by atoms with Gasteiger partial charge in [0.25, 0.3) is 0 Å². The third-order valence-electron chi connectivity index (χ3n) is 21.0. The Labute approximate surface area is 651 Å². The molecule has 0 saturated carbocycles. The van der Waals surface area contributed by atoms with E-state index in [1.165, 1.54) is 250 Å². The molecule has 106 heavy (non-hydrogen) atoms. The standard InChI is InChI=1S/C87H170O17P2/c1-9-79(7)65-57-49-41-35-28-24-20-16-12-14-18-22-26-30-37-43-53-61-69-86(91)104-83(74-98-85(90)68-60-52-46-45-50-58-66-80(8)10-2)76-102-106(95,96)100-72-81(88)71-99-105(93,94)101-75-82(103-87(92)70-62-54-44-38-32-31-34-40-48-56-64-78(5)6)73-97-84(89)67-59-51-42-36-29-25-21-17-13-11-15-19-23-27-33-39-47-55-63-77(3)4/h77-83,88H,9-76H2,1-8H3,(H,93,94)(H,95,96)/t79?,80?,81-,82-,83-/m1/s1. The minimum atomic E-state index is -4.97. The predicted octanol–water partition coefficient (Wildman–Crippen LogP) is 26.3. The van der Waals surface area contributed by atoms with Gasteiger partial charge in [-0.3, -0.25) is 37.3 Å². The lowest BCUT2D eigenvalue weighted by Gasteiger charge is -2.21. The fraction of sp³-hybridized carbons (Fsp3) is 0.954. The normalized spacial score (nSPS) is 14.4. The number of esters is 4. The van der Waals surface area contributed by atoms with Gasteiger partial charge in [-0.15, -0.1) is 0 Å². The molecule has 0 aliphatic heterocycles. The summed E-state index contributed by atoms with van der Waals surface area (Å²) >= 11 is 0. The molecule has 0 radical (unpaired) electrons. The Morgan fingerprint density at radius 2 is 0.453 bits per heavy atom. The first kappa shape index (κ1) is 104. The number of ether oxygens (including phenoxy) is 4. The summed E-state index contributed by atoms with van der Waals surface area (Å²) in [6, 6.07) is 0. The first-order valence-corrected chi connectivity index (χ1v) is 47.8. The number of hydrogen-bond acceptors (Lipinski definition) is 15. The highest BCUT2D eigenvalue weighted by molar-refractivity contribution is 7.47. The van der Waals surface area contributed by atoms with E-state index in [-0.39, 0.29) is 25.7 Å². The van der Waals surface area contributed by atoms with E-state index in [2.05, 4.69) is 55.4 Å². The molecule has 3 N–H and O–H groups in total. The van der Waals surface area contributed by atoms with E-state index >= 15 is 0 Å². The maximum Gasteiger partial charge on any atom is 0.472 e. The predicted molar refractivity (Wildman–Crippen MR) is 437 cm³/mol. The summed E-state index contributed by atoms with van der Waals surface area (Å²) in [4.78, 5) is 73.2. The molecule has 0 bridgehead atoms. The number of carbonyl (C=O) groups excluding carboxylic acids is 4. The highest BCUT2D eigenvalue weighted by Crippen LogP contribution is 2.45. The minimum absolute atomic E-state index is 0.106. The second-order valence-electron chi connectivity index (χ2n) is 32.7. The van der Waals surface area contributed by atoms with E-state index in [1.807, 2.05) is 0 Å². The largest absolute Gasteiger partial charge is 0.472 e. The van der Waals surface area contributed by atoms with E-state index in [4.69, 9.17) is 37.0 Å². The van der Waals surface area contributed by atoms with Crippen molar-refractivity contribution in [1.82, 2.24) is 0 Å². The van der Waals surface area contributed by atoms with Crippen LogP contribution in [0.5, 0.6) is 0 Å². The monoisotopic (exact) mass is 1550 g/mol. The summed E-state index contributed by atoms with van der Waals surface area (Å²) in [5.41, 5.74) is 0. The second kappa shape index (κ2) is 75.7. The van der Waals surface area contributed by atoms with Crippen LogP contribution in [0, 0.1) is 23.7 Å². The molecule has 19 heteroatoms. The zero-order valence-corrected chi connectivity index (χ0v) is 71.9. The van der Waals surface area contributed by atoms with E-state index in [1.54, 1.807) is 0 Å². The molecule has 0 amide bonds. The highest BCUT2D eigenvalue weighted by atomic mass is 31.2. The molecule has 0 aromatic heterocycles. The maximum absolute atomic E-state index is 13.1. The molecule has 0 aromatic carbocycles. The van der Waals surface area contributed by atoms with Gasteiger partial charge in [-0.25, -0.2) is 9.13 Å². The summed E-state index contributed by atoms with van der Waals surface area (Å²) in [6.45, 7) is 14.3. The van der Waals surface area contributed by atoms with Crippen molar-refractivity contribution in [2.75, 3.05) is 39.6 Å². The van der Waals surface area contributed by atoms with Gasteiger partial charge in [-0.05, 0) is 49.4 Å². The Morgan fingerprint density at radius 1 is 0.264 bits per heavy atom. The molecule has 0 spiro atoms. The summed E-state index contributed by atoms with van der Waals surface area (Å²) in [6.07, 6.45) is 65.4. The zero-order valence-electron chi connectivity index (χ0n) is 70.1. The Bertz CT molecular complexity index is 2060. The molecule has 4 unspecified atom stereocenters. The van der Waals surface area contributed by atoms with Gasteiger partial charge >= 0.3 is 39.5 Å². The van der Waals surface area contributed by atoms with Gasteiger partial charge < -0.3 is 33.8 Å². The summed E-state index contributed by atoms with van der Waals surface area (Å²) in [7, 11) is -9.93. The molecule has 630 valence electrons. The average Bonchev–Trinajstić information content (AvgIpc) is 0.903. The number of phosphoric ester groups is 2. The van der Waals surface area contributed by atoms with E-state index in [0.29, 0.717) is 25.7 Å². The lowest BCUT2D eigenvalue weighted by atomic mass is 9.99. The van der Waals surface area contributed by atoms with Crippen molar-refractivity contribution >= 4 is 39.5 Å². The molecular weight excluding hydrogens is 1380 g/mol. The van der Waals surface area contributed by atoms with Crippen LogP contribution in [0.1, 0.15) is 453 Å². The number of carbonyl (C=O) groups is 4. The van der Waals surface area contributed by atoms with Crippen LogP contribution in [-0.2, 0) is 65.4 Å². The number of aliphatic hydroxyl groups is 1. The van der Waals surface area contributed by atoms with Gasteiger partial charge in [0.2, 0.25) is 0 Å². The summed E-state index contributed by atoms with van der Waals surface area (Å²) in [5, 5.41) is 10.7. The van der Waals surface area contributed by atoms with Crippen LogP contribution in [0.3, 0.4) is 0 Å². The third-order valence-corrected chi connectivity index (χ3v) is 22.9. The Hall–Kier alpha value is -1.94. The topological polar surface area (TPSA) is 237 Å². The number of phosphoric acid groups is 2. The van der Waals surface area contributed by atoms with Gasteiger partial charge in [-0.2, -0.15) is 0 Å². The number of rotatable bonds is 84. The smallest absolute Gasteiger partial charge is 0.462 e. The summed E-state index contributed by atoms with van der Waals surface area (Å²) in [5.74, 6) is 1.07. The molecule has 0 aliphatic rings. The number of aliphatic hydroxyl groups excluding tert-OH is 1. The van der Waals surface area contributed by atoms with Crippen molar-refractivity contribution in [3.8, 4) is 0 Å². The second-order valence-corrected chi connectivity index (χ2v) is 35.6. The molecule has 0 heterocycles. The van der Waals surface area contributed by atoms with E-state index in [9.17, 15) is 43.2 Å². The number of unbranched alkanes of at least 4 members (excludes halogenated alkanes) is 48. The van der Waals surface area contributed by atoms with Crippen LogP contribution >= 0.6 is 15.6 Å². The van der Waals surface area contributed by atoms with Crippen molar-refractivity contribution in [2.24, 2.45) is 23.7 Å². The first-order chi connectivity index (χ1) is 51.2. The van der Waals surface area contributed by atoms with Crippen molar-refractivity contribution in [3.63, 3.8) is 0 Å². The average molecular weight is 1550 g/mol. The fourth-order valence-electron chi connectivity index (χ4n) is 13.4. The van der Waals surface area contributed by atoms with Gasteiger partial charge in [0, 0.05) is 25.7 Å². The Kier molecular flexibility index (Phi) is 74.3. The molecule has 0 aromatic rings. The molecule has 17 nitrogen and oxygen atoms in total. The lowest BCUT2D eigenvalue weighted by molar-refractivity contribution is -0.161. The van der Waals surface area contributed by atoms with Crippen LogP contribution in [0.2, 0.25) is 0 Å². The lowest BCUT2D eigenvalue weighted by Crippen LogP contribution is -2.30. The molecule has 0 fully saturated rings. The van der Waals surface area contributed by atoms with Crippen molar-refractivity contribution in [3.05, 3.63) is 0 Å². The van der Waals surface area contributed by atoms with Crippen LogP contribution in [0.4, 0.5) is 0 Å². The van der Waals surface area contributed by atoms with Crippen LogP contribution in [0.15, 0.2) is 0 Å². The first-order valence-electron chi connectivity index (χ1n) is 44.8.